The van der Waals surface area contributed by atoms with E-state index in [1.54, 1.807) is 0 Å². The fourth-order valence-corrected chi connectivity index (χ4v) is 2.14. The lowest BCUT2D eigenvalue weighted by molar-refractivity contribution is 0.305. The Labute approximate surface area is 114 Å². The van der Waals surface area contributed by atoms with E-state index in [4.69, 9.17) is 10.5 Å². The molecule has 0 atom stereocenters. The molecule has 0 aliphatic rings. The molecule has 0 saturated heterocycles. The number of nitrogens with two attached hydrogens (primary N) is 1. The average molecular weight is 310 g/mol. The van der Waals surface area contributed by atoms with Crippen LogP contribution in [-0.2, 0) is 13.2 Å². The number of hydrogen-bond donors (Lipinski definition) is 1. The van der Waals surface area contributed by atoms with Crippen molar-refractivity contribution in [2.75, 3.05) is 0 Å². The molecule has 4 heteroatoms. The smallest absolute Gasteiger partial charge is 0.124 e. The molecule has 0 spiro atoms. The van der Waals surface area contributed by atoms with E-state index >= 15 is 0 Å². The highest BCUT2D eigenvalue weighted by Gasteiger charge is 2.01. The number of ether oxygens (including phenoxy) is 1. The summed E-state index contributed by atoms with van der Waals surface area (Å²) in [5.41, 5.74) is 7.34. The van der Waals surface area contributed by atoms with Gasteiger partial charge in [-0.1, -0.05) is 28.1 Å². The van der Waals surface area contributed by atoms with Crippen molar-refractivity contribution in [3.8, 4) is 5.75 Å². The van der Waals surface area contributed by atoms with Crippen LogP contribution in [0.15, 0.2) is 46.9 Å². The van der Waals surface area contributed by atoms with Crippen molar-refractivity contribution in [3.63, 3.8) is 0 Å². The van der Waals surface area contributed by atoms with Crippen molar-refractivity contribution in [2.24, 2.45) is 5.73 Å². The van der Waals surface area contributed by atoms with Gasteiger partial charge >= 0.3 is 0 Å². The van der Waals surface area contributed by atoms with E-state index in [1.165, 1.54) is 12.1 Å². The highest BCUT2D eigenvalue weighted by atomic mass is 79.9. The summed E-state index contributed by atoms with van der Waals surface area (Å²) in [5, 5.41) is 0. The Kier molecular flexibility index (Phi) is 4.33. The van der Waals surface area contributed by atoms with E-state index in [2.05, 4.69) is 15.9 Å². The van der Waals surface area contributed by atoms with Crippen molar-refractivity contribution >= 4 is 15.9 Å². The molecular weight excluding hydrogens is 297 g/mol. The van der Waals surface area contributed by atoms with Gasteiger partial charge in [-0.05, 0) is 41.5 Å². The maximum atomic E-state index is 13.2. The Hall–Kier alpha value is -1.39. The van der Waals surface area contributed by atoms with E-state index in [0.717, 1.165) is 16.9 Å². The topological polar surface area (TPSA) is 35.2 Å². The summed E-state index contributed by atoms with van der Waals surface area (Å²) in [6.45, 7) is 0.799. The summed E-state index contributed by atoms with van der Waals surface area (Å²) in [7, 11) is 0. The largest absolute Gasteiger partial charge is 0.489 e. The zero-order chi connectivity index (χ0) is 13.0. The van der Waals surface area contributed by atoms with Crippen molar-refractivity contribution < 1.29 is 9.13 Å². The molecule has 0 fully saturated rings. The zero-order valence-corrected chi connectivity index (χ0v) is 11.3. The second-order valence-electron chi connectivity index (χ2n) is 3.92. The average Bonchev–Trinajstić information content (AvgIpc) is 2.35. The molecule has 0 saturated carbocycles. The molecule has 0 aliphatic heterocycles. The molecule has 0 unspecified atom stereocenters. The Morgan fingerprint density at radius 3 is 2.67 bits per heavy atom. The maximum absolute atomic E-state index is 13.2. The predicted molar refractivity (Wildman–Crippen MR) is 72.8 cm³/mol. The molecule has 2 rings (SSSR count). The van der Waals surface area contributed by atoms with Gasteiger partial charge in [0.2, 0.25) is 0 Å². The molecular formula is C14H13BrFNO. The van der Waals surface area contributed by atoms with Gasteiger partial charge < -0.3 is 10.5 Å². The van der Waals surface area contributed by atoms with Crippen molar-refractivity contribution in [1.82, 2.24) is 0 Å². The first kappa shape index (κ1) is 13.1. The van der Waals surface area contributed by atoms with Gasteiger partial charge in [-0.3, -0.25) is 0 Å². The number of benzene rings is 2. The third-order valence-corrected chi connectivity index (χ3v) is 2.92. The number of halogens is 2. The molecule has 2 nitrogen and oxygen atoms in total. The molecule has 0 bridgehead atoms. The Bertz CT molecular complexity index is 525. The zero-order valence-electron chi connectivity index (χ0n) is 9.70. The molecule has 18 heavy (non-hydrogen) atoms. The predicted octanol–water partition coefficient (Wildman–Crippen LogP) is 3.63. The van der Waals surface area contributed by atoms with Crippen LogP contribution in [0.4, 0.5) is 4.39 Å². The van der Waals surface area contributed by atoms with Gasteiger partial charge in [0, 0.05) is 11.0 Å². The quantitative estimate of drug-likeness (QED) is 0.936. The summed E-state index contributed by atoms with van der Waals surface area (Å²) < 4.78 is 19.5. The van der Waals surface area contributed by atoms with E-state index in [0.29, 0.717) is 17.6 Å². The lowest BCUT2D eigenvalue weighted by atomic mass is 10.2. The first-order valence-corrected chi connectivity index (χ1v) is 6.33. The minimum absolute atomic E-state index is 0.279. The Balaban J connectivity index is 2.06. The van der Waals surface area contributed by atoms with Gasteiger partial charge in [-0.2, -0.15) is 0 Å². The van der Waals surface area contributed by atoms with E-state index in [-0.39, 0.29) is 5.82 Å². The van der Waals surface area contributed by atoms with Gasteiger partial charge in [0.15, 0.2) is 0 Å². The Morgan fingerprint density at radius 1 is 1.11 bits per heavy atom. The van der Waals surface area contributed by atoms with Crippen molar-refractivity contribution in [3.05, 3.63) is 63.9 Å². The van der Waals surface area contributed by atoms with Crippen LogP contribution in [0, 0.1) is 5.82 Å². The second-order valence-corrected chi connectivity index (χ2v) is 4.83. The highest BCUT2D eigenvalue weighted by Crippen LogP contribution is 2.18. The standard InChI is InChI=1S/C14H13BrFNO/c15-12-4-11(5-13(16)7-12)9-18-14-3-1-2-10(6-14)8-17/h1-7H,8-9,17H2. The molecule has 0 aliphatic carbocycles. The van der Waals surface area contributed by atoms with Crippen LogP contribution in [0.25, 0.3) is 0 Å². The third-order valence-electron chi connectivity index (χ3n) is 2.46. The van der Waals surface area contributed by atoms with E-state index in [1.807, 2.05) is 30.3 Å². The molecule has 0 radical (unpaired) electrons. The molecule has 2 aromatic carbocycles. The van der Waals surface area contributed by atoms with Crippen LogP contribution >= 0.6 is 15.9 Å². The van der Waals surface area contributed by atoms with Crippen LogP contribution in [0.1, 0.15) is 11.1 Å². The molecule has 0 heterocycles. The summed E-state index contributed by atoms with van der Waals surface area (Å²) in [6.07, 6.45) is 0. The minimum atomic E-state index is -0.279. The summed E-state index contributed by atoms with van der Waals surface area (Å²) >= 11 is 3.25. The maximum Gasteiger partial charge on any atom is 0.124 e. The lowest BCUT2D eigenvalue weighted by Crippen LogP contribution is -1.99. The Morgan fingerprint density at radius 2 is 1.94 bits per heavy atom. The highest BCUT2D eigenvalue weighted by molar-refractivity contribution is 9.10. The fourth-order valence-electron chi connectivity index (χ4n) is 1.62. The van der Waals surface area contributed by atoms with E-state index < -0.39 is 0 Å². The second kappa shape index (κ2) is 5.98. The normalized spacial score (nSPS) is 10.4. The van der Waals surface area contributed by atoms with Crippen molar-refractivity contribution in [2.45, 2.75) is 13.2 Å². The van der Waals surface area contributed by atoms with Crippen LogP contribution in [0.2, 0.25) is 0 Å². The number of hydrogen-bond acceptors (Lipinski definition) is 2. The molecule has 0 amide bonds. The van der Waals surface area contributed by atoms with Crippen molar-refractivity contribution in [1.29, 1.82) is 0 Å². The molecule has 2 aromatic rings. The fraction of sp³-hybridized carbons (Fsp3) is 0.143. The summed E-state index contributed by atoms with van der Waals surface area (Å²) in [4.78, 5) is 0. The minimum Gasteiger partial charge on any atom is -0.489 e. The SMILES string of the molecule is NCc1cccc(OCc2cc(F)cc(Br)c2)c1. The molecule has 2 N–H and O–H groups in total. The van der Waals surface area contributed by atoms with Gasteiger partial charge in [-0.15, -0.1) is 0 Å². The third kappa shape index (κ3) is 3.55. The number of rotatable bonds is 4. The van der Waals surface area contributed by atoms with Gasteiger partial charge in [0.25, 0.3) is 0 Å². The van der Waals surface area contributed by atoms with Gasteiger partial charge in [-0.25, -0.2) is 4.39 Å². The van der Waals surface area contributed by atoms with Crippen LogP contribution in [0.5, 0.6) is 5.75 Å². The van der Waals surface area contributed by atoms with Crippen LogP contribution in [-0.4, -0.2) is 0 Å². The monoisotopic (exact) mass is 309 g/mol. The lowest BCUT2D eigenvalue weighted by Gasteiger charge is -2.08. The summed E-state index contributed by atoms with van der Waals surface area (Å²) in [5.74, 6) is 0.456. The first-order valence-electron chi connectivity index (χ1n) is 5.54. The summed E-state index contributed by atoms with van der Waals surface area (Å²) in [6, 6.07) is 12.3. The molecule has 94 valence electrons. The van der Waals surface area contributed by atoms with E-state index in [9.17, 15) is 4.39 Å². The molecule has 0 aromatic heterocycles. The van der Waals surface area contributed by atoms with Gasteiger partial charge in [0.05, 0.1) is 0 Å². The first-order chi connectivity index (χ1) is 8.67. The van der Waals surface area contributed by atoms with Crippen LogP contribution < -0.4 is 10.5 Å². The van der Waals surface area contributed by atoms with Crippen LogP contribution in [0.3, 0.4) is 0 Å². The van der Waals surface area contributed by atoms with Gasteiger partial charge in [0.1, 0.15) is 18.2 Å².